The first-order valence-corrected chi connectivity index (χ1v) is 8.09. The average molecular weight is 290 g/mol. The third-order valence-corrected chi connectivity index (χ3v) is 4.96. The molecule has 3 rings (SSSR count). The fourth-order valence-corrected chi connectivity index (χ4v) is 3.36. The van der Waals surface area contributed by atoms with Gasteiger partial charge in [0.25, 0.3) is 0 Å². The fraction of sp³-hybridized carbons (Fsp3) is 0.600. The number of aromatic nitrogens is 3. The maximum absolute atomic E-state index is 4.76. The predicted octanol–water partition coefficient (Wildman–Crippen LogP) is 3.38. The highest BCUT2D eigenvalue weighted by molar-refractivity contribution is 7.11. The zero-order valence-electron chi connectivity index (χ0n) is 12.6. The minimum absolute atomic E-state index is 0.171. The topological polar surface area (TPSA) is 42.7 Å². The number of hydrogen-bond acceptors (Lipinski definition) is 4. The zero-order valence-corrected chi connectivity index (χ0v) is 13.4. The van der Waals surface area contributed by atoms with Gasteiger partial charge in [-0.25, -0.2) is 9.97 Å². The molecule has 0 spiro atoms. The van der Waals surface area contributed by atoms with Crippen molar-refractivity contribution in [2.75, 3.05) is 0 Å². The minimum atomic E-state index is 0.171. The molecule has 0 aromatic carbocycles. The van der Waals surface area contributed by atoms with Crippen molar-refractivity contribution >= 4 is 11.3 Å². The van der Waals surface area contributed by atoms with Crippen LogP contribution >= 0.6 is 11.3 Å². The van der Waals surface area contributed by atoms with E-state index in [4.69, 9.17) is 4.98 Å². The molecule has 0 radical (unpaired) electrons. The van der Waals surface area contributed by atoms with Gasteiger partial charge in [0, 0.05) is 17.0 Å². The Balaban J connectivity index is 1.98. The maximum Gasteiger partial charge on any atom is 0.116 e. The molecule has 20 heavy (non-hydrogen) atoms. The zero-order chi connectivity index (χ0) is 14.3. The number of nitrogens with one attached hydrogen (secondary N) is 1. The summed E-state index contributed by atoms with van der Waals surface area (Å²) < 4.78 is 2.24. The van der Waals surface area contributed by atoms with Gasteiger partial charge in [0.1, 0.15) is 11.0 Å². The molecule has 1 fully saturated rings. The summed E-state index contributed by atoms with van der Waals surface area (Å²) in [7, 11) is 0. The van der Waals surface area contributed by atoms with E-state index in [0.29, 0.717) is 12.1 Å². The van der Waals surface area contributed by atoms with Crippen molar-refractivity contribution in [3.05, 3.63) is 33.8 Å². The fourth-order valence-electron chi connectivity index (χ4n) is 2.36. The molecule has 1 aliphatic rings. The Hall–Kier alpha value is -1.20. The molecule has 5 heteroatoms. The maximum atomic E-state index is 4.76. The largest absolute Gasteiger partial charge is 0.330 e. The molecule has 1 saturated carbocycles. The molecule has 2 aromatic heterocycles. The molecule has 2 aromatic rings. The van der Waals surface area contributed by atoms with E-state index in [1.54, 1.807) is 11.3 Å². The summed E-state index contributed by atoms with van der Waals surface area (Å²) in [6, 6.07) is 1.22. The van der Waals surface area contributed by atoms with E-state index in [1.165, 1.54) is 23.4 Å². The number of nitrogens with zero attached hydrogens (tertiary/aromatic N) is 3. The van der Waals surface area contributed by atoms with Gasteiger partial charge in [-0.2, -0.15) is 0 Å². The molecular formula is C15H22N4S. The lowest BCUT2D eigenvalue weighted by molar-refractivity contribution is 0.511. The Bertz CT molecular complexity index is 575. The van der Waals surface area contributed by atoms with E-state index in [-0.39, 0.29) is 6.04 Å². The van der Waals surface area contributed by atoms with Crippen molar-refractivity contribution in [3.8, 4) is 0 Å². The van der Waals surface area contributed by atoms with Crippen molar-refractivity contribution in [2.45, 2.75) is 58.7 Å². The van der Waals surface area contributed by atoms with Gasteiger partial charge in [0.05, 0.1) is 23.9 Å². The highest BCUT2D eigenvalue weighted by atomic mass is 32.1. The van der Waals surface area contributed by atoms with Gasteiger partial charge < -0.3 is 9.88 Å². The van der Waals surface area contributed by atoms with Crippen molar-refractivity contribution in [1.82, 2.24) is 19.9 Å². The quantitative estimate of drug-likeness (QED) is 0.918. The molecule has 108 valence electrons. The lowest BCUT2D eigenvalue weighted by Crippen LogP contribution is -2.27. The smallest absolute Gasteiger partial charge is 0.116 e. The molecule has 0 saturated heterocycles. The average Bonchev–Trinajstić information content (AvgIpc) is 2.97. The van der Waals surface area contributed by atoms with Gasteiger partial charge in [-0.3, -0.25) is 0 Å². The van der Waals surface area contributed by atoms with Crippen molar-refractivity contribution in [2.24, 2.45) is 0 Å². The molecule has 1 aliphatic carbocycles. The van der Waals surface area contributed by atoms with Crippen LogP contribution in [0.4, 0.5) is 0 Å². The predicted molar refractivity (Wildman–Crippen MR) is 82.2 cm³/mol. The third kappa shape index (κ3) is 2.65. The van der Waals surface area contributed by atoms with Gasteiger partial charge in [-0.15, -0.1) is 11.3 Å². The van der Waals surface area contributed by atoms with Crippen LogP contribution in [-0.4, -0.2) is 20.6 Å². The summed E-state index contributed by atoms with van der Waals surface area (Å²) in [6.45, 7) is 8.61. The summed E-state index contributed by atoms with van der Waals surface area (Å²) in [6.07, 6.45) is 6.45. The first kappa shape index (κ1) is 13.8. The van der Waals surface area contributed by atoms with E-state index < -0.39 is 0 Å². The second-order valence-electron chi connectivity index (χ2n) is 5.89. The van der Waals surface area contributed by atoms with E-state index in [1.807, 2.05) is 12.5 Å². The second-order valence-corrected chi connectivity index (χ2v) is 7.12. The Morgan fingerprint density at radius 1 is 1.35 bits per heavy atom. The van der Waals surface area contributed by atoms with Crippen LogP contribution in [0, 0.1) is 13.8 Å². The van der Waals surface area contributed by atoms with Crippen LogP contribution in [0.5, 0.6) is 0 Å². The van der Waals surface area contributed by atoms with Gasteiger partial charge >= 0.3 is 0 Å². The number of rotatable bonds is 5. The molecule has 2 heterocycles. The lowest BCUT2D eigenvalue weighted by atomic mass is 10.2. The summed E-state index contributed by atoms with van der Waals surface area (Å²) in [5, 5.41) is 4.89. The first-order valence-electron chi connectivity index (χ1n) is 7.28. The Labute approximate surface area is 124 Å². The Morgan fingerprint density at radius 3 is 2.65 bits per heavy atom. The normalized spacial score (nSPS) is 16.9. The molecule has 0 amide bonds. The summed E-state index contributed by atoms with van der Waals surface area (Å²) >= 11 is 1.80. The standard InChI is InChI=1S/C15H22N4S/c1-9(2)19-8-16-7-13(19)14(18-12-5-6-12)15-17-10(3)11(4)20-15/h7-9,12,14,18H,5-6H2,1-4H3. The van der Waals surface area contributed by atoms with Crippen LogP contribution in [0.3, 0.4) is 0 Å². The molecule has 1 unspecified atom stereocenters. The summed E-state index contributed by atoms with van der Waals surface area (Å²) in [5.41, 5.74) is 2.36. The van der Waals surface area contributed by atoms with Crippen molar-refractivity contribution in [1.29, 1.82) is 0 Å². The number of hydrogen-bond donors (Lipinski definition) is 1. The number of thiazole rings is 1. The molecule has 1 atom stereocenters. The van der Waals surface area contributed by atoms with Gasteiger partial charge in [-0.1, -0.05) is 0 Å². The molecule has 0 bridgehead atoms. The van der Waals surface area contributed by atoms with Crippen LogP contribution in [0.15, 0.2) is 12.5 Å². The monoisotopic (exact) mass is 290 g/mol. The highest BCUT2D eigenvalue weighted by Crippen LogP contribution is 2.32. The van der Waals surface area contributed by atoms with Crippen LogP contribution in [0.25, 0.3) is 0 Å². The third-order valence-electron chi connectivity index (χ3n) is 3.82. The number of imidazole rings is 1. The number of aryl methyl sites for hydroxylation is 2. The summed E-state index contributed by atoms with van der Waals surface area (Å²) in [4.78, 5) is 10.4. The van der Waals surface area contributed by atoms with Crippen LogP contribution < -0.4 is 5.32 Å². The van der Waals surface area contributed by atoms with Gasteiger partial charge in [0.15, 0.2) is 0 Å². The van der Waals surface area contributed by atoms with E-state index in [9.17, 15) is 0 Å². The van der Waals surface area contributed by atoms with Crippen LogP contribution in [0.1, 0.15) is 60.0 Å². The first-order chi connectivity index (χ1) is 9.56. The lowest BCUT2D eigenvalue weighted by Gasteiger charge is -2.20. The van der Waals surface area contributed by atoms with Crippen molar-refractivity contribution in [3.63, 3.8) is 0 Å². The highest BCUT2D eigenvalue weighted by Gasteiger charge is 2.30. The van der Waals surface area contributed by atoms with Crippen LogP contribution in [0.2, 0.25) is 0 Å². The molecular weight excluding hydrogens is 268 g/mol. The summed E-state index contributed by atoms with van der Waals surface area (Å²) in [5.74, 6) is 0. The van der Waals surface area contributed by atoms with E-state index >= 15 is 0 Å². The van der Waals surface area contributed by atoms with Crippen LogP contribution in [-0.2, 0) is 0 Å². The minimum Gasteiger partial charge on any atom is -0.330 e. The van der Waals surface area contributed by atoms with E-state index in [2.05, 4.69) is 42.6 Å². The van der Waals surface area contributed by atoms with E-state index in [0.717, 1.165) is 10.7 Å². The Morgan fingerprint density at radius 2 is 2.10 bits per heavy atom. The van der Waals surface area contributed by atoms with Gasteiger partial charge in [-0.05, 0) is 40.5 Å². The SMILES string of the molecule is Cc1nc(C(NC2CC2)c2cncn2C(C)C)sc1C. The van der Waals surface area contributed by atoms with Crippen molar-refractivity contribution < 1.29 is 0 Å². The Kier molecular flexibility index (Phi) is 3.65. The van der Waals surface area contributed by atoms with Gasteiger partial charge in [0.2, 0.25) is 0 Å². The second kappa shape index (κ2) is 5.30. The molecule has 4 nitrogen and oxygen atoms in total. The molecule has 0 aliphatic heterocycles. The molecule has 1 N–H and O–H groups in total.